The largest absolute Gasteiger partial charge is 0.394 e. The van der Waals surface area contributed by atoms with Gasteiger partial charge in [0.2, 0.25) is 0 Å². The molecule has 22 atom stereocenters. The Kier molecular flexibility index (Phi) is 13.6. The first-order chi connectivity index (χ1) is 33.5. The van der Waals surface area contributed by atoms with E-state index < -0.39 is 29.0 Å². The third kappa shape index (κ3) is 9.65. The van der Waals surface area contributed by atoms with Crippen LogP contribution in [0.25, 0.3) is 0 Å². The topological polar surface area (TPSA) is 151 Å². The second-order valence-corrected chi connectivity index (χ2v) is 22.9. The molecule has 0 aliphatic carbocycles. The van der Waals surface area contributed by atoms with Gasteiger partial charge in [0.1, 0.15) is 6.10 Å². The lowest BCUT2D eigenvalue weighted by molar-refractivity contribution is -0.313. The molecule has 2 N–H and O–H groups in total. The van der Waals surface area contributed by atoms with Gasteiger partial charge in [0.25, 0.3) is 0 Å². The summed E-state index contributed by atoms with van der Waals surface area (Å²) in [6.45, 7) is 8.08. The van der Waals surface area contributed by atoms with Crippen LogP contribution in [0.3, 0.4) is 0 Å². The van der Waals surface area contributed by atoms with E-state index in [1.54, 1.807) is 0 Å². The third-order valence-corrected chi connectivity index (χ3v) is 18.2. The molecule has 14 nitrogen and oxygen atoms in total. The van der Waals surface area contributed by atoms with E-state index in [1.807, 2.05) is 24.3 Å². The standard InChI is InChI=1S/C55H76O14/c1-53-18-14-35-40(22-34(57)49(29-56)63-35)64-50(53)27-44-47(68-53)24-42-37(60-44)16-20-55(3)52(66-42)28-45-48(69-55)25-41-36(61-45)15-19-54(2)51(65-41)26-43-46(67-54)23-39(59-31-33-12-8-5-9-13-33)38(62-43)17-21-58-30-32-10-6-4-7-11-32/h4-13,34-52,56-57H,14-31H2,1-3H3/t34-,35-,36-,37-,38-,39+,40+,41+,42+,43+,44+,45+,46-,47-,48-,49+,50-,51-,52-,53+,54+,55+/m0/s1. The zero-order valence-corrected chi connectivity index (χ0v) is 40.8. The van der Waals surface area contributed by atoms with Gasteiger partial charge >= 0.3 is 0 Å². The maximum Gasteiger partial charge on any atom is 0.107 e. The van der Waals surface area contributed by atoms with Crippen molar-refractivity contribution in [1.29, 1.82) is 0 Å². The van der Waals surface area contributed by atoms with Gasteiger partial charge in [-0.1, -0.05) is 60.7 Å². The van der Waals surface area contributed by atoms with Gasteiger partial charge in [0, 0.05) is 51.6 Å². The number of benzene rings is 2. The van der Waals surface area contributed by atoms with E-state index in [2.05, 4.69) is 57.2 Å². The SMILES string of the molecule is C[C@@]12CC[C@@H]3O[C@@H]4C[C@@H]5O[C@@H]6C[C@@H]7O[C@]8(C)CC[C@@H]9O[C@H](CO)[C@@H](O)C[C@H]9O[C@H]8C[C@H]7O[C@H]6CC[C@@]5(C)O[C@H]4C[C@H]3O[C@H]1C[C@H]1O[C@@H](CCOCc3ccccc3)[C@H](OCc3ccccc3)C[C@@H]1O2. The third-order valence-electron chi connectivity index (χ3n) is 18.2. The molecular weight excluding hydrogens is 885 g/mol. The minimum atomic E-state index is -0.756. The van der Waals surface area contributed by atoms with Crippen LogP contribution in [0.2, 0.25) is 0 Å². The van der Waals surface area contributed by atoms with Crippen LogP contribution in [0.5, 0.6) is 0 Å². The van der Waals surface area contributed by atoms with E-state index >= 15 is 0 Å². The molecule has 14 heteroatoms. The summed E-state index contributed by atoms with van der Waals surface area (Å²) < 4.78 is 82.4. The van der Waals surface area contributed by atoms with Crippen molar-refractivity contribution in [3.8, 4) is 0 Å². The Morgan fingerprint density at radius 1 is 0.478 bits per heavy atom. The van der Waals surface area contributed by atoms with Crippen LogP contribution < -0.4 is 0 Å². The van der Waals surface area contributed by atoms with Gasteiger partial charge in [0.05, 0.1) is 146 Å². The average Bonchev–Trinajstić information content (AvgIpc) is 3.65. The van der Waals surface area contributed by atoms with E-state index in [9.17, 15) is 10.2 Å². The summed E-state index contributed by atoms with van der Waals surface area (Å²) in [6.07, 6.45) is 6.99. The van der Waals surface area contributed by atoms with Gasteiger partial charge in [-0.05, 0) is 76.8 Å². The number of aliphatic hydroxyl groups is 2. The van der Waals surface area contributed by atoms with Crippen molar-refractivity contribution in [2.45, 2.75) is 257 Å². The lowest BCUT2D eigenvalue weighted by Gasteiger charge is -2.53. The first-order valence-corrected chi connectivity index (χ1v) is 26.7. The van der Waals surface area contributed by atoms with Gasteiger partial charge in [-0.2, -0.15) is 0 Å². The lowest BCUT2D eigenvalue weighted by atomic mass is 9.81. The first-order valence-electron chi connectivity index (χ1n) is 26.7. The molecule has 10 saturated heterocycles. The summed E-state index contributed by atoms with van der Waals surface area (Å²) in [7, 11) is 0. The zero-order valence-electron chi connectivity index (χ0n) is 40.8. The van der Waals surface area contributed by atoms with Crippen molar-refractivity contribution >= 4 is 0 Å². The van der Waals surface area contributed by atoms with E-state index in [0.717, 1.165) is 94.6 Å². The Morgan fingerprint density at radius 3 is 1.43 bits per heavy atom. The van der Waals surface area contributed by atoms with Crippen LogP contribution in [0.15, 0.2) is 60.7 Å². The molecule has 0 spiro atoms. The number of ether oxygens (including phenoxy) is 12. The number of aliphatic hydroxyl groups excluding tert-OH is 2. The van der Waals surface area contributed by atoms with Crippen molar-refractivity contribution in [1.82, 2.24) is 0 Å². The molecule has 0 amide bonds. The Balaban J connectivity index is 0.684. The highest BCUT2D eigenvalue weighted by Crippen LogP contribution is 2.51. The highest BCUT2D eigenvalue weighted by atomic mass is 16.6. The van der Waals surface area contributed by atoms with Crippen LogP contribution >= 0.6 is 0 Å². The number of rotatable bonds is 9. The fourth-order valence-corrected chi connectivity index (χ4v) is 14.1. The predicted molar refractivity (Wildman–Crippen MR) is 249 cm³/mol. The van der Waals surface area contributed by atoms with Crippen molar-refractivity contribution in [2.24, 2.45) is 0 Å². The molecule has 0 aromatic heterocycles. The van der Waals surface area contributed by atoms with E-state index in [1.165, 1.54) is 0 Å². The summed E-state index contributed by atoms with van der Waals surface area (Å²) in [5.41, 5.74) is 0.802. The lowest BCUT2D eigenvalue weighted by Crippen LogP contribution is -2.62. The highest BCUT2D eigenvalue weighted by molar-refractivity contribution is 5.15. The average molecular weight is 961 g/mol. The smallest absolute Gasteiger partial charge is 0.107 e. The van der Waals surface area contributed by atoms with Crippen molar-refractivity contribution in [2.75, 3.05) is 13.2 Å². The maximum absolute atomic E-state index is 10.7. The molecule has 0 unspecified atom stereocenters. The summed E-state index contributed by atoms with van der Waals surface area (Å²) in [6, 6.07) is 20.7. The Labute approximate surface area is 407 Å². The molecular formula is C55H76O14. The summed E-state index contributed by atoms with van der Waals surface area (Å²) >= 11 is 0. The van der Waals surface area contributed by atoms with Gasteiger partial charge in [-0.15, -0.1) is 0 Å². The second-order valence-electron chi connectivity index (χ2n) is 22.9. The van der Waals surface area contributed by atoms with Crippen LogP contribution in [0, 0.1) is 0 Å². The second kappa shape index (κ2) is 19.6. The van der Waals surface area contributed by atoms with Gasteiger partial charge < -0.3 is 67.1 Å². The van der Waals surface area contributed by atoms with Crippen molar-refractivity contribution < 1.29 is 67.1 Å². The van der Waals surface area contributed by atoms with Crippen LogP contribution in [-0.4, -0.2) is 156 Å². The van der Waals surface area contributed by atoms with Crippen molar-refractivity contribution in [3.05, 3.63) is 71.8 Å². The molecule has 10 heterocycles. The van der Waals surface area contributed by atoms with Crippen LogP contribution in [0.1, 0.15) is 122 Å². The van der Waals surface area contributed by atoms with E-state index in [0.29, 0.717) is 26.2 Å². The molecule has 2 aromatic rings. The molecule has 10 aliphatic rings. The quantitative estimate of drug-likeness (QED) is 0.265. The van der Waals surface area contributed by atoms with Gasteiger partial charge in [-0.25, -0.2) is 0 Å². The molecule has 0 radical (unpaired) electrons. The predicted octanol–water partition coefficient (Wildman–Crippen LogP) is 6.45. The molecule has 380 valence electrons. The molecule has 0 saturated carbocycles. The van der Waals surface area contributed by atoms with Crippen LogP contribution in [0.4, 0.5) is 0 Å². The molecule has 2 aromatic carbocycles. The monoisotopic (exact) mass is 961 g/mol. The normalized spacial score (nSPS) is 49.2. The molecule has 10 fully saturated rings. The zero-order chi connectivity index (χ0) is 46.9. The molecule has 69 heavy (non-hydrogen) atoms. The fourth-order valence-electron chi connectivity index (χ4n) is 14.1. The minimum Gasteiger partial charge on any atom is -0.394 e. The Morgan fingerprint density at radius 2 is 0.913 bits per heavy atom. The molecule has 10 aliphatic heterocycles. The maximum atomic E-state index is 10.7. The number of hydrogen-bond donors (Lipinski definition) is 2. The molecule has 12 rings (SSSR count). The van der Waals surface area contributed by atoms with E-state index in [4.69, 9.17) is 56.8 Å². The first kappa shape index (κ1) is 47.9. The minimum absolute atomic E-state index is 0.0694. The summed E-state index contributed by atoms with van der Waals surface area (Å²) in [5.74, 6) is 0. The van der Waals surface area contributed by atoms with Crippen LogP contribution in [-0.2, 0) is 70.1 Å². The highest BCUT2D eigenvalue weighted by Gasteiger charge is 2.60. The van der Waals surface area contributed by atoms with Gasteiger partial charge in [0.15, 0.2) is 0 Å². The Bertz CT molecular complexity index is 2030. The van der Waals surface area contributed by atoms with Gasteiger partial charge in [-0.3, -0.25) is 0 Å². The van der Waals surface area contributed by atoms with E-state index in [-0.39, 0.29) is 110 Å². The summed E-state index contributed by atoms with van der Waals surface area (Å²) in [5, 5.41) is 20.5. The van der Waals surface area contributed by atoms with Crippen molar-refractivity contribution in [3.63, 3.8) is 0 Å². The Hall–Kier alpha value is -2.12. The number of hydrogen-bond acceptors (Lipinski definition) is 14. The number of fused-ring (bicyclic) bond motifs is 9. The fraction of sp³-hybridized carbons (Fsp3) is 0.782. The molecule has 0 bridgehead atoms. The summed E-state index contributed by atoms with van der Waals surface area (Å²) in [4.78, 5) is 0.